The van der Waals surface area contributed by atoms with Gasteiger partial charge in [0.25, 0.3) is 0 Å². The molecule has 2 N–H and O–H groups in total. The van der Waals surface area contributed by atoms with Crippen molar-refractivity contribution < 1.29 is 14.6 Å². The lowest BCUT2D eigenvalue weighted by Gasteiger charge is -2.26. The Hall–Kier alpha value is -3.01. The van der Waals surface area contributed by atoms with Gasteiger partial charge in [0.15, 0.2) is 0 Å². The molecule has 0 saturated carbocycles. The lowest BCUT2D eigenvalue weighted by atomic mass is 9.99. The second-order valence-corrected chi connectivity index (χ2v) is 7.62. The van der Waals surface area contributed by atoms with Gasteiger partial charge < -0.3 is 15.2 Å². The summed E-state index contributed by atoms with van der Waals surface area (Å²) in [6, 6.07) is 17.9. The van der Waals surface area contributed by atoms with Crippen LogP contribution in [0.3, 0.4) is 0 Å². The first-order valence-electron chi connectivity index (χ1n) is 9.47. The third kappa shape index (κ3) is 5.74. The van der Waals surface area contributed by atoms with Gasteiger partial charge in [-0.3, -0.25) is 0 Å². The second kappa shape index (κ2) is 9.27. The Balaban J connectivity index is 2.54. The van der Waals surface area contributed by atoms with Crippen LogP contribution in [0.25, 0.3) is 5.57 Å². The number of aliphatic hydroxyl groups is 1. The molecular formula is C24H29NO3. The zero-order valence-corrected chi connectivity index (χ0v) is 17.2. The van der Waals surface area contributed by atoms with E-state index in [1.54, 1.807) is 36.4 Å². The van der Waals surface area contributed by atoms with Crippen molar-refractivity contribution in [2.75, 3.05) is 0 Å². The van der Waals surface area contributed by atoms with Crippen molar-refractivity contribution in [3.8, 4) is 5.75 Å². The van der Waals surface area contributed by atoms with Crippen LogP contribution >= 0.6 is 0 Å². The minimum absolute atomic E-state index is 0.0827. The largest absolute Gasteiger partial charge is 0.507 e. The Labute approximate surface area is 167 Å². The van der Waals surface area contributed by atoms with E-state index in [0.717, 1.165) is 5.70 Å². The summed E-state index contributed by atoms with van der Waals surface area (Å²) in [5.41, 5.74) is 2.09. The number of rotatable bonds is 6. The first kappa shape index (κ1) is 21.3. The monoisotopic (exact) mass is 379 g/mol. The highest BCUT2D eigenvalue weighted by Gasteiger charge is 2.23. The molecule has 4 nitrogen and oxygen atoms in total. The number of nitrogens with one attached hydrogen (secondary N) is 1. The van der Waals surface area contributed by atoms with Gasteiger partial charge in [0, 0.05) is 16.8 Å². The number of esters is 1. The van der Waals surface area contributed by atoms with Crippen LogP contribution in [-0.2, 0) is 4.79 Å². The van der Waals surface area contributed by atoms with Gasteiger partial charge in [-0.1, -0.05) is 55.5 Å². The van der Waals surface area contributed by atoms with Crippen molar-refractivity contribution in [2.24, 2.45) is 0 Å². The smallest absolute Gasteiger partial charge is 0.347 e. The Bertz CT molecular complexity index is 860. The Morgan fingerprint density at radius 1 is 1.00 bits per heavy atom. The predicted octanol–water partition coefficient (Wildman–Crippen LogP) is 5.63. The zero-order valence-electron chi connectivity index (χ0n) is 17.2. The normalized spacial score (nSPS) is 13.3. The average molecular weight is 380 g/mol. The maximum Gasteiger partial charge on any atom is 0.347 e. The van der Waals surface area contributed by atoms with Crippen molar-refractivity contribution in [2.45, 2.75) is 46.6 Å². The number of ether oxygens (including phenoxy) is 1. The number of carbonyl (C=O) groups is 1. The SMILES string of the molecule is CC/C(NC(C)(C)C)=C(C)/C(O)=C(\C(=O)Oc1ccccc1)c1ccccc1. The lowest BCUT2D eigenvalue weighted by Crippen LogP contribution is -2.35. The van der Waals surface area contributed by atoms with E-state index in [4.69, 9.17) is 4.74 Å². The number of benzene rings is 2. The van der Waals surface area contributed by atoms with E-state index in [9.17, 15) is 9.90 Å². The minimum atomic E-state index is -0.597. The molecule has 0 heterocycles. The number of hydrogen-bond donors (Lipinski definition) is 2. The summed E-state index contributed by atoms with van der Waals surface area (Å²) in [5.74, 6) is -0.250. The fraction of sp³-hybridized carbons (Fsp3) is 0.292. The van der Waals surface area contributed by atoms with Crippen molar-refractivity contribution in [1.82, 2.24) is 5.32 Å². The maximum absolute atomic E-state index is 13.0. The summed E-state index contributed by atoms with van der Waals surface area (Å²) in [5, 5.41) is 14.5. The molecule has 2 aromatic carbocycles. The highest BCUT2D eigenvalue weighted by molar-refractivity contribution is 6.18. The van der Waals surface area contributed by atoms with Crippen molar-refractivity contribution in [3.63, 3.8) is 0 Å². The molecule has 0 saturated heterocycles. The van der Waals surface area contributed by atoms with Crippen molar-refractivity contribution in [3.05, 3.63) is 83.3 Å². The van der Waals surface area contributed by atoms with E-state index in [2.05, 4.69) is 26.1 Å². The summed E-state index contributed by atoms with van der Waals surface area (Å²) in [7, 11) is 0. The molecule has 0 aromatic heterocycles. The zero-order chi connectivity index (χ0) is 20.7. The molecule has 0 atom stereocenters. The summed E-state index contributed by atoms with van der Waals surface area (Å²) in [6.07, 6.45) is 0.697. The summed E-state index contributed by atoms with van der Waals surface area (Å²) >= 11 is 0. The van der Waals surface area contributed by atoms with Crippen LogP contribution in [0, 0.1) is 0 Å². The number of aliphatic hydroxyl groups excluding tert-OH is 1. The van der Waals surface area contributed by atoms with Gasteiger partial charge in [0.1, 0.15) is 17.1 Å². The molecule has 0 aliphatic carbocycles. The molecular weight excluding hydrogens is 350 g/mol. The van der Waals surface area contributed by atoms with E-state index in [0.29, 0.717) is 23.3 Å². The molecule has 0 bridgehead atoms. The Morgan fingerprint density at radius 3 is 2.04 bits per heavy atom. The molecule has 0 radical (unpaired) electrons. The number of para-hydroxylation sites is 1. The molecule has 2 aromatic rings. The van der Waals surface area contributed by atoms with Crippen molar-refractivity contribution >= 4 is 11.5 Å². The lowest BCUT2D eigenvalue weighted by molar-refractivity contribution is -0.128. The van der Waals surface area contributed by atoms with Crippen LogP contribution in [0.4, 0.5) is 0 Å². The van der Waals surface area contributed by atoms with E-state index in [-0.39, 0.29) is 16.9 Å². The number of carbonyl (C=O) groups excluding carboxylic acids is 1. The predicted molar refractivity (Wildman–Crippen MR) is 114 cm³/mol. The first-order valence-corrected chi connectivity index (χ1v) is 9.47. The van der Waals surface area contributed by atoms with Crippen LogP contribution in [0.1, 0.15) is 46.6 Å². The fourth-order valence-corrected chi connectivity index (χ4v) is 2.83. The topological polar surface area (TPSA) is 58.6 Å². The van der Waals surface area contributed by atoms with Crippen LogP contribution < -0.4 is 10.1 Å². The van der Waals surface area contributed by atoms with Gasteiger partial charge in [-0.15, -0.1) is 0 Å². The summed E-state index contributed by atoms with van der Waals surface area (Å²) in [6.45, 7) is 9.98. The maximum atomic E-state index is 13.0. The van der Waals surface area contributed by atoms with E-state index >= 15 is 0 Å². The van der Waals surface area contributed by atoms with Crippen molar-refractivity contribution in [1.29, 1.82) is 0 Å². The third-order valence-electron chi connectivity index (χ3n) is 4.14. The quantitative estimate of drug-likeness (QED) is 0.224. The molecule has 0 aliphatic rings. The summed E-state index contributed by atoms with van der Waals surface area (Å²) < 4.78 is 5.52. The Kier molecular flexibility index (Phi) is 7.05. The first-order chi connectivity index (χ1) is 13.2. The molecule has 2 rings (SSSR count). The number of hydrogen-bond acceptors (Lipinski definition) is 4. The van der Waals surface area contributed by atoms with Crippen LogP contribution in [0.2, 0.25) is 0 Å². The summed E-state index contributed by atoms with van der Waals surface area (Å²) in [4.78, 5) is 13.0. The van der Waals surface area contributed by atoms with Gasteiger partial charge in [-0.25, -0.2) is 4.79 Å². The molecule has 4 heteroatoms. The number of allylic oxidation sites excluding steroid dienone is 2. The molecule has 0 unspecified atom stereocenters. The molecule has 0 amide bonds. The van der Waals surface area contributed by atoms with Crippen LogP contribution in [-0.4, -0.2) is 16.6 Å². The molecule has 28 heavy (non-hydrogen) atoms. The highest BCUT2D eigenvalue weighted by atomic mass is 16.5. The van der Waals surface area contributed by atoms with Gasteiger partial charge in [0.2, 0.25) is 0 Å². The van der Waals surface area contributed by atoms with E-state index in [1.807, 2.05) is 38.1 Å². The van der Waals surface area contributed by atoms with Crippen LogP contribution in [0.15, 0.2) is 77.7 Å². The fourth-order valence-electron chi connectivity index (χ4n) is 2.83. The highest BCUT2D eigenvalue weighted by Crippen LogP contribution is 2.27. The second-order valence-electron chi connectivity index (χ2n) is 7.62. The molecule has 0 fully saturated rings. The van der Waals surface area contributed by atoms with Crippen LogP contribution in [0.5, 0.6) is 5.75 Å². The average Bonchev–Trinajstić information content (AvgIpc) is 2.66. The van der Waals surface area contributed by atoms with Gasteiger partial charge in [-0.2, -0.15) is 0 Å². The van der Waals surface area contributed by atoms with Gasteiger partial charge >= 0.3 is 5.97 Å². The van der Waals surface area contributed by atoms with Gasteiger partial charge in [-0.05, 0) is 51.8 Å². The van der Waals surface area contributed by atoms with Gasteiger partial charge in [0.05, 0.1) is 0 Å². The third-order valence-corrected chi connectivity index (χ3v) is 4.14. The molecule has 148 valence electrons. The van der Waals surface area contributed by atoms with E-state index < -0.39 is 5.97 Å². The molecule has 0 spiro atoms. The Morgan fingerprint density at radius 2 is 1.54 bits per heavy atom. The van der Waals surface area contributed by atoms with E-state index in [1.165, 1.54) is 0 Å². The molecule has 0 aliphatic heterocycles. The minimum Gasteiger partial charge on any atom is -0.507 e. The standard InChI is InChI=1S/C24H29NO3/c1-6-20(25-24(3,4)5)17(2)22(26)21(18-13-9-7-10-14-18)23(27)28-19-15-11-8-12-16-19/h7-16,25-26H,6H2,1-5H3/b20-17-,22-21+.